The van der Waals surface area contributed by atoms with Gasteiger partial charge in [0.15, 0.2) is 5.11 Å². The molecule has 0 aromatic heterocycles. The number of hydrogen-bond donors (Lipinski definition) is 2. The summed E-state index contributed by atoms with van der Waals surface area (Å²) in [7, 11) is 1.61. The topological polar surface area (TPSA) is 68.8 Å². The zero-order chi connectivity index (χ0) is 22.8. The molecule has 0 saturated carbocycles. The van der Waals surface area contributed by atoms with Gasteiger partial charge in [0.1, 0.15) is 24.7 Å². The van der Waals surface area contributed by atoms with Crippen LogP contribution in [0.1, 0.15) is 15.9 Å². The number of carbonyl (C=O) groups excluding carboxylic acids is 1. The highest BCUT2D eigenvalue weighted by Gasteiger charge is 2.11. The van der Waals surface area contributed by atoms with Crippen molar-refractivity contribution < 1.29 is 19.0 Å². The fourth-order valence-electron chi connectivity index (χ4n) is 2.71. The molecule has 0 fully saturated rings. The molecule has 3 aromatic carbocycles. The van der Waals surface area contributed by atoms with Crippen molar-refractivity contribution in [1.82, 2.24) is 5.32 Å². The normalized spacial score (nSPS) is 10.3. The smallest absolute Gasteiger partial charge is 0.257 e. The molecule has 1 amide bonds. The molecule has 0 heterocycles. The van der Waals surface area contributed by atoms with E-state index in [-0.39, 0.29) is 11.0 Å². The summed E-state index contributed by atoms with van der Waals surface area (Å²) in [4.78, 5) is 12.5. The summed E-state index contributed by atoms with van der Waals surface area (Å²) in [6.45, 7) is 1.40. The van der Waals surface area contributed by atoms with Crippen molar-refractivity contribution in [2.45, 2.75) is 6.61 Å². The molecular weight excluding hydrogens is 492 g/mol. The second-order valence-corrected chi connectivity index (χ2v) is 7.96. The van der Waals surface area contributed by atoms with Crippen LogP contribution < -0.4 is 20.1 Å². The van der Waals surface area contributed by atoms with E-state index in [9.17, 15) is 4.79 Å². The number of methoxy groups -OCH3 is 1. The summed E-state index contributed by atoms with van der Waals surface area (Å²) in [5.41, 5.74) is 2.29. The van der Waals surface area contributed by atoms with Gasteiger partial charge < -0.3 is 19.5 Å². The number of thiocarbonyl (C=S) groups is 1. The van der Waals surface area contributed by atoms with Gasteiger partial charge in [-0.1, -0.05) is 30.3 Å². The van der Waals surface area contributed by atoms with Crippen LogP contribution in [0.4, 0.5) is 5.69 Å². The minimum Gasteiger partial charge on any atom is -0.490 e. The van der Waals surface area contributed by atoms with Crippen LogP contribution in [0.2, 0.25) is 0 Å². The van der Waals surface area contributed by atoms with E-state index in [1.807, 2.05) is 54.6 Å². The van der Waals surface area contributed by atoms with E-state index < -0.39 is 0 Å². The molecule has 0 atom stereocenters. The van der Waals surface area contributed by atoms with Crippen molar-refractivity contribution in [1.29, 1.82) is 0 Å². The number of hydrogen-bond acceptors (Lipinski definition) is 5. The minimum absolute atomic E-state index is 0.199. The number of anilines is 1. The molecule has 0 aliphatic carbocycles. The molecule has 8 heteroatoms. The molecular formula is C24H23BrN2O4S. The first kappa shape index (κ1) is 23.7. The van der Waals surface area contributed by atoms with Crippen LogP contribution in [-0.4, -0.2) is 31.3 Å². The highest BCUT2D eigenvalue weighted by atomic mass is 79.9. The largest absolute Gasteiger partial charge is 0.490 e. The Labute approximate surface area is 201 Å². The van der Waals surface area contributed by atoms with Crippen LogP contribution in [0, 0.1) is 0 Å². The average molecular weight is 515 g/mol. The monoisotopic (exact) mass is 514 g/mol. The van der Waals surface area contributed by atoms with Gasteiger partial charge >= 0.3 is 0 Å². The Hall–Kier alpha value is -2.94. The number of carbonyl (C=O) groups is 1. The number of benzene rings is 3. The first-order valence-corrected chi connectivity index (χ1v) is 11.1. The second-order valence-electron chi connectivity index (χ2n) is 6.69. The van der Waals surface area contributed by atoms with Gasteiger partial charge in [0, 0.05) is 18.4 Å². The molecule has 0 unspecified atom stereocenters. The van der Waals surface area contributed by atoms with Crippen molar-refractivity contribution in [3.63, 3.8) is 0 Å². The zero-order valence-electron chi connectivity index (χ0n) is 17.5. The first-order valence-electron chi connectivity index (χ1n) is 9.85. The van der Waals surface area contributed by atoms with E-state index in [1.165, 1.54) is 0 Å². The molecule has 0 spiro atoms. The standard InChI is InChI=1S/C24H23BrN2O4S/c1-29-13-14-30-22-12-7-18(15-21(22)25)23(28)27-24(32)26-19-8-10-20(11-9-19)31-16-17-5-3-2-4-6-17/h2-12,15H,13-14,16H2,1H3,(H2,26,27,28,32). The average Bonchev–Trinajstić information content (AvgIpc) is 2.80. The number of rotatable bonds is 9. The lowest BCUT2D eigenvalue weighted by Gasteiger charge is -2.12. The van der Waals surface area contributed by atoms with Gasteiger partial charge in [-0.2, -0.15) is 0 Å². The highest BCUT2D eigenvalue weighted by molar-refractivity contribution is 9.10. The summed E-state index contributed by atoms with van der Waals surface area (Å²) in [6.07, 6.45) is 0. The Bertz CT molecular complexity index is 1050. The number of halogens is 1. The summed E-state index contributed by atoms with van der Waals surface area (Å²) in [5.74, 6) is 1.05. The van der Waals surface area contributed by atoms with Gasteiger partial charge in [-0.3, -0.25) is 10.1 Å². The third kappa shape index (κ3) is 7.33. The number of ether oxygens (including phenoxy) is 3. The molecule has 32 heavy (non-hydrogen) atoms. The molecule has 3 aromatic rings. The number of amides is 1. The lowest BCUT2D eigenvalue weighted by Crippen LogP contribution is -2.34. The summed E-state index contributed by atoms with van der Waals surface area (Å²) in [5, 5.41) is 5.87. The van der Waals surface area contributed by atoms with Crippen LogP contribution in [0.15, 0.2) is 77.3 Å². The Morgan fingerprint density at radius 2 is 1.72 bits per heavy atom. The van der Waals surface area contributed by atoms with Crippen molar-refractivity contribution in [2.75, 3.05) is 25.6 Å². The Kier molecular flexibility index (Phi) is 9.03. The van der Waals surface area contributed by atoms with Crippen molar-refractivity contribution in [3.8, 4) is 11.5 Å². The van der Waals surface area contributed by atoms with E-state index in [0.717, 1.165) is 17.0 Å². The van der Waals surface area contributed by atoms with Gasteiger partial charge in [0.25, 0.3) is 5.91 Å². The predicted octanol–water partition coefficient (Wildman–Crippen LogP) is 5.18. The van der Waals surface area contributed by atoms with Gasteiger partial charge in [-0.25, -0.2) is 0 Å². The van der Waals surface area contributed by atoms with Gasteiger partial charge in [0.05, 0.1) is 11.1 Å². The molecule has 0 aliphatic heterocycles. The highest BCUT2D eigenvalue weighted by Crippen LogP contribution is 2.26. The third-order valence-corrected chi connectivity index (χ3v) is 5.15. The quantitative estimate of drug-likeness (QED) is 0.303. The Morgan fingerprint density at radius 3 is 2.41 bits per heavy atom. The molecule has 2 N–H and O–H groups in total. The molecule has 0 radical (unpaired) electrons. The minimum atomic E-state index is -0.325. The van der Waals surface area contributed by atoms with E-state index in [1.54, 1.807) is 25.3 Å². The third-order valence-electron chi connectivity index (χ3n) is 4.33. The van der Waals surface area contributed by atoms with Crippen molar-refractivity contribution in [3.05, 3.63) is 88.4 Å². The van der Waals surface area contributed by atoms with Crippen LogP contribution >= 0.6 is 28.1 Å². The zero-order valence-corrected chi connectivity index (χ0v) is 19.9. The Balaban J connectivity index is 1.49. The van der Waals surface area contributed by atoms with Gasteiger partial charge in [-0.15, -0.1) is 0 Å². The molecule has 0 bridgehead atoms. The van der Waals surface area contributed by atoms with Crippen LogP contribution in [0.3, 0.4) is 0 Å². The van der Waals surface area contributed by atoms with E-state index in [4.69, 9.17) is 26.4 Å². The predicted molar refractivity (Wildman–Crippen MR) is 132 cm³/mol. The maximum atomic E-state index is 12.5. The van der Waals surface area contributed by atoms with E-state index >= 15 is 0 Å². The van der Waals surface area contributed by atoms with E-state index in [0.29, 0.717) is 35.6 Å². The fraction of sp³-hybridized carbons (Fsp3) is 0.167. The summed E-state index contributed by atoms with van der Waals surface area (Å²) < 4.78 is 17.0. The van der Waals surface area contributed by atoms with E-state index in [2.05, 4.69) is 26.6 Å². The molecule has 0 aliphatic rings. The lowest BCUT2D eigenvalue weighted by molar-refractivity contribution is 0.0977. The Morgan fingerprint density at radius 1 is 0.969 bits per heavy atom. The maximum absolute atomic E-state index is 12.5. The second kappa shape index (κ2) is 12.2. The lowest BCUT2D eigenvalue weighted by atomic mass is 10.2. The van der Waals surface area contributed by atoms with Crippen LogP contribution in [0.25, 0.3) is 0 Å². The van der Waals surface area contributed by atoms with Crippen LogP contribution in [0.5, 0.6) is 11.5 Å². The molecule has 166 valence electrons. The van der Waals surface area contributed by atoms with Crippen molar-refractivity contribution >= 4 is 44.9 Å². The molecule has 3 rings (SSSR count). The summed E-state index contributed by atoms with van der Waals surface area (Å²) >= 11 is 8.68. The van der Waals surface area contributed by atoms with Gasteiger partial charge in [-0.05, 0) is 76.2 Å². The molecule has 0 saturated heterocycles. The van der Waals surface area contributed by atoms with Crippen LogP contribution in [-0.2, 0) is 11.3 Å². The van der Waals surface area contributed by atoms with Gasteiger partial charge in [0.2, 0.25) is 0 Å². The first-order chi connectivity index (χ1) is 15.5. The number of nitrogens with one attached hydrogen (secondary N) is 2. The molecule has 6 nitrogen and oxygen atoms in total. The SMILES string of the molecule is COCCOc1ccc(C(=O)NC(=S)Nc2ccc(OCc3ccccc3)cc2)cc1Br. The maximum Gasteiger partial charge on any atom is 0.257 e. The summed E-state index contributed by atoms with van der Waals surface area (Å²) in [6, 6.07) is 22.4. The van der Waals surface area contributed by atoms with Crippen molar-refractivity contribution in [2.24, 2.45) is 0 Å². The fourth-order valence-corrected chi connectivity index (χ4v) is 3.41.